The van der Waals surface area contributed by atoms with E-state index < -0.39 is 0 Å². The number of rotatable bonds is 2. The van der Waals surface area contributed by atoms with Crippen LogP contribution >= 0.6 is 0 Å². The first-order valence-electron chi connectivity index (χ1n) is 5.00. The van der Waals surface area contributed by atoms with Gasteiger partial charge in [0.2, 0.25) is 5.88 Å². The standard InChI is InChI=1S/C11H11N3O/c1-2-4-10-9(3-1)11(14-7-13-10)15-8-5-12-6-8/h1-4,7-8,12H,5-6H2. The number of benzene rings is 1. The van der Waals surface area contributed by atoms with E-state index in [1.807, 2.05) is 24.3 Å². The molecule has 15 heavy (non-hydrogen) atoms. The lowest BCUT2D eigenvalue weighted by Gasteiger charge is -2.27. The number of nitrogens with zero attached hydrogens (tertiary/aromatic N) is 2. The maximum absolute atomic E-state index is 5.75. The van der Waals surface area contributed by atoms with E-state index in [0.29, 0.717) is 5.88 Å². The Kier molecular flexibility index (Phi) is 1.99. The third-order valence-electron chi connectivity index (χ3n) is 2.53. The van der Waals surface area contributed by atoms with Gasteiger partial charge in [-0.1, -0.05) is 12.1 Å². The molecule has 1 aliphatic rings. The van der Waals surface area contributed by atoms with Crippen LogP contribution in [0, 0.1) is 0 Å². The van der Waals surface area contributed by atoms with Crippen molar-refractivity contribution in [3.05, 3.63) is 30.6 Å². The van der Waals surface area contributed by atoms with E-state index in [9.17, 15) is 0 Å². The van der Waals surface area contributed by atoms with Gasteiger partial charge in [-0.05, 0) is 12.1 Å². The summed E-state index contributed by atoms with van der Waals surface area (Å²) < 4.78 is 5.75. The quantitative estimate of drug-likeness (QED) is 0.786. The number of hydrogen-bond acceptors (Lipinski definition) is 4. The highest BCUT2D eigenvalue weighted by atomic mass is 16.5. The van der Waals surface area contributed by atoms with Crippen LogP contribution in [-0.4, -0.2) is 29.2 Å². The highest BCUT2D eigenvalue weighted by Gasteiger charge is 2.19. The lowest BCUT2D eigenvalue weighted by Crippen LogP contribution is -2.50. The minimum atomic E-state index is 0.253. The summed E-state index contributed by atoms with van der Waals surface area (Å²) in [6, 6.07) is 7.88. The molecular formula is C11H11N3O. The van der Waals surface area contributed by atoms with E-state index >= 15 is 0 Å². The Balaban J connectivity index is 2.01. The fraction of sp³-hybridized carbons (Fsp3) is 0.273. The number of para-hydroxylation sites is 1. The van der Waals surface area contributed by atoms with E-state index in [1.54, 1.807) is 6.33 Å². The van der Waals surface area contributed by atoms with Gasteiger partial charge in [-0.15, -0.1) is 0 Å². The average molecular weight is 201 g/mol. The molecule has 1 aromatic heterocycles. The molecule has 0 atom stereocenters. The Morgan fingerprint density at radius 1 is 1.20 bits per heavy atom. The third kappa shape index (κ3) is 1.53. The van der Waals surface area contributed by atoms with Crippen LogP contribution in [0.3, 0.4) is 0 Å². The molecule has 3 rings (SSSR count). The summed E-state index contributed by atoms with van der Waals surface area (Å²) in [6.07, 6.45) is 1.80. The maximum atomic E-state index is 5.75. The first kappa shape index (κ1) is 8.61. The summed E-state index contributed by atoms with van der Waals surface area (Å²) in [7, 11) is 0. The molecular weight excluding hydrogens is 190 g/mol. The van der Waals surface area contributed by atoms with Crippen LogP contribution in [-0.2, 0) is 0 Å². The van der Waals surface area contributed by atoms with E-state index in [2.05, 4.69) is 15.3 Å². The van der Waals surface area contributed by atoms with Gasteiger partial charge in [0.1, 0.15) is 12.4 Å². The molecule has 1 fully saturated rings. The summed E-state index contributed by atoms with van der Waals surface area (Å²) in [5, 5.41) is 4.14. The number of nitrogens with one attached hydrogen (secondary N) is 1. The van der Waals surface area contributed by atoms with Crippen LogP contribution in [0.2, 0.25) is 0 Å². The molecule has 0 spiro atoms. The highest BCUT2D eigenvalue weighted by molar-refractivity contribution is 5.82. The third-order valence-corrected chi connectivity index (χ3v) is 2.53. The lowest BCUT2D eigenvalue weighted by molar-refractivity contribution is 0.138. The molecule has 1 aliphatic heterocycles. The minimum Gasteiger partial charge on any atom is -0.471 e. The summed E-state index contributed by atoms with van der Waals surface area (Å²) in [5.74, 6) is 0.687. The van der Waals surface area contributed by atoms with Crippen LogP contribution in [0.1, 0.15) is 0 Å². The predicted molar refractivity (Wildman–Crippen MR) is 56.8 cm³/mol. The van der Waals surface area contributed by atoms with Crippen LogP contribution in [0.25, 0.3) is 10.9 Å². The molecule has 0 amide bonds. The van der Waals surface area contributed by atoms with Crippen molar-refractivity contribution in [3.8, 4) is 5.88 Å². The zero-order valence-electron chi connectivity index (χ0n) is 8.18. The van der Waals surface area contributed by atoms with Crippen molar-refractivity contribution in [2.75, 3.05) is 13.1 Å². The van der Waals surface area contributed by atoms with Crippen LogP contribution in [0.15, 0.2) is 30.6 Å². The van der Waals surface area contributed by atoms with Gasteiger partial charge in [0.05, 0.1) is 10.9 Å². The lowest BCUT2D eigenvalue weighted by atomic mass is 10.2. The zero-order chi connectivity index (χ0) is 10.1. The summed E-state index contributed by atoms with van der Waals surface area (Å²) >= 11 is 0. The van der Waals surface area contributed by atoms with Crippen molar-refractivity contribution >= 4 is 10.9 Å². The Hall–Kier alpha value is -1.68. The van der Waals surface area contributed by atoms with Crippen molar-refractivity contribution in [1.29, 1.82) is 0 Å². The smallest absolute Gasteiger partial charge is 0.224 e. The molecule has 76 valence electrons. The largest absolute Gasteiger partial charge is 0.471 e. The minimum absolute atomic E-state index is 0.253. The van der Waals surface area contributed by atoms with Gasteiger partial charge >= 0.3 is 0 Å². The van der Waals surface area contributed by atoms with E-state index in [1.165, 1.54) is 0 Å². The summed E-state index contributed by atoms with van der Waals surface area (Å²) in [4.78, 5) is 8.35. The van der Waals surface area contributed by atoms with Crippen molar-refractivity contribution in [2.45, 2.75) is 6.10 Å². The van der Waals surface area contributed by atoms with Gasteiger partial charge in [0, 0.05) is 13.1 Å². The van der Waals surface area contributed by atoms with Gasteiger partial charge in [0.25, 0.3) is 0 Å². The predicted octanol–water partition coefficient (Wildman–Crippen LogP) is 0.980. The number of ether oxygens (including phenoxy) is 1. The monoisotopic (exact) mass is 201 g/mol. The Bertz CT molecular complexity index is 477. The normalized spacial score (nSPS) is 16.3. The van der Waals surface area contributed by atoms with E-state index in [4.69, 9.17) is 4.74 Å². The maximum Gasteiger partial charge on any atom is 0.224 e. The molecule has 1 N–H and O–H groups in total. The van der Waals surface area contributed by atoms with Gasteiger partial charge in [-0.2, -0.15) is 0 Å². The van der Waals surface area contributed by atoms with Crippen LogP contribution in [0.5, 0.6) is 5.88 Å². The van der Waals surface area contributed by atoms with Gasteiger partial charge in [-0.3, -0.25) is 0 Å². The number of hydrogen-bond donors (Lipinski definition) is 1. The fourth-order valence-corrected chi connectivity index (χ4v) is 1.58. The van der Waals surface area contributed by atoms with Crippen molar-refractivity contribution in [3.63, 3.8) is 0 Å². The van der Waals surface area contributed by atoms with Crippen molar-refractivity contribution < 1.29 is 4.74 Å². The molecule has 0 bridgehead atoms. The second-order valence-electron chi connectivity index (χ2n) is 3.59. The molecule has 2 aromatic rings. The SMILES string of the molecule is c1ccc2c(OC3CNC3)ncnc2c1. The van der Waals surface area contributed by atoms with Crippen LogP contribution < -0.4 is 10.1 Å². The Labute approximate surface area is 87.3 Å². The number of aromatic nitrogens is 2. The molecule has 1 aromatic carbocycles. The molecule has 0 aliphatic carbocycles. The second-order valence-corrected chi connectivity index (χ2v) is 3.59. The Morgan fingerprint density at radius 2 is 2.07 bits per heavy atom. The second kappa shape index (κ2) is 3.47. The summed E-state index contributed by atoms with van der Waals surface area (Å²) in [5.41, 5.74) is 0.926. The first-order chi connectivity index (χ1) is 7.43. The average Bonchev–Trinajstić information content (AvgIpc) is 2.23. The zero-order valence-corrected chi connectivity index (χ0v) is 8.18. The van der Waals surface area contributed by atoms with E-state index in [-0.39, 0.29) is 6.10 Å². The molecule has 0 radical (unpaired) electrons. The topological polar surface area (TPSA) is 47.0 Å². The first-order valence-corrected chi connectivity index (χ1v) is 5.00. The fourth-order valence-electron chi connectivity index (χ4n) is 1.58. The molecule has 2 heterocycles. The molecule has 4 heteroatoms. The van der Waals surface area contributed by atoms with Crippen molar-refractivity contribution in [2.24, 2.45) is 0 Å². The van der Waals surface area contributed by atoms with E-state index in [0.717, 1.165) is 24.0 Å². The van der Waals surface area contributed by atoms with Gasteiger partial charge < -0.3 is 10.1 Å². The van der Waals surface area contributed by atoms with Crippen LogP contribution in [0.4, 0.5) is 0 Å². The molecule has 1 saturated heterocycles. The Morgan fingerprint density at radius 3 is 2.87 bits per heavy atom. The molecule has 0 saturated carbocycles. The highest BCUT2D eigenvalue weighted by Crippen LogP contribution is 2.21. The van der Waals surface area contributed by atoms with Gasteiger partial charge in [0.15, 0.2) is 0 Å². The number of fused-ring (bicyclic) bond motifs is 1. The summed E-state index contributed by atoms with van der Waals surface area (Å²) in [6.45, 7) is 1.80. The molecule has 0 unspecified atom stereocenters. The van der Waals surface area contributed by atoms with Gasteiger partial charge in [-0.25, -0.2) is 9.97 Å². The van der Waals surface area contributed by atoms with Crippen molar-refractivity contribution in [1.82, 2.24) is 15.3 Å². The molecule has 4 nitrogen and oxygen atoms in total.